The molecule has 2 aromatic rings. The lowest BCUT2D eigenvalue weighted by molar-refractivity contribution is 0.628. The van der Waals surface area contributed by atoms with Gasteiger partial charge in [-0.2, -0.15) is 15.4 Å². The van der Waals surface area contributed by atoms with Crippen LogP contribution in [0.1, 0.15) is 0 Å². The number of rotatable bonds is 1. The first-order valence-corrected chi connectivity index (χ1v) is 3.96. The average Bonchev–Trinajstić information content (AvgIpc) is 2.62. The summed E-state index contributed by atoms with van der Waals surface area (Å²) in [6.07, 6.45) is 1.52. The van der Waals surface area contributed by atoms with Gasteiger partial charge >= 0.3 is 0 Å². The van der Waals surface area contributed by atoms with Gasteiger partial charge in [-0.15, -0.1) is 0 Å². The number of benzene rings is 1. The summed E-state index contributed by atoms with van der Waals surface area (Å²) in [6.45, 7) is 0. The molecule has 0 saturated heterocycles. The second kappa shape index (κ2) is 3.14. The normalized spacial score (nSPS) is 10.3. The highest BCUT2D eigenvalue weighted by molar-refractivity contribution is 6.30. The quantitative estimate of drug-likeness (QED) is 0.762. The van der Waals surface area contributed by atoms with E-state index in [0.29, 0.717) is 11.3 Å². The second-order valence-corrected chi connectivity index (χ2v) is 2.89. The standard InChI is InChI=1S/C8H5ClFN3/c9-6-2-1-5(3-7(6)10)8-4-11-13-12-8/h1-4H,(H,11,12,13). The van der Waals surface area contributed by atoms with E-state index in [0.717, 1.165) is 0 Å². The molecule has 1 aromatic carbocycles. The maximum atomic E-state index is 13.0. The minimum absolute atomic E-state index is 0.104. The molecule has 0 bridgehead atoms. The maximum Gasteiger partial charge on any atom is 0.142 e. The summed E-state index contributed by atoms with van der Waals surface area (Å²) in [6, 6.07) is 4.49. The van der Waals surface area contributed by atoms with Crippen molar-refractivity contribution < 1.29 is 4.39 Å². The number of aromatic nitrogens is 3. The Balaban J connectivity index is 2.49. The largest absolute Gasteiger partial charge is 0.205 e. The van der Waals surface area contributed by atoms with Gasteiger partial charge < -0.3 is 0 Å². The van der Waals surface area contributed by atoms with Crippen molar-refractivity contribution in [3.63, 3.8) is 0 Å². The van der Waals surface area contributed by atoms with Gasteiger partial charge in [-0.3, -0.25) is 0 Å². The second-order valence-electron chi connectivity index (χ2n) is 2.48. The molecule has 5 heteroatoms. The highest BCUT2D eigenvalue weighted by Gasteiger charge is 2.04. The lowest BCUT2D eigenvalue weighted by atomic mass is 10.2. The smallest absolute Gasteiger partial charge is 0.142 e. The van der Waals surface area contributed by atoms with Crippen LogP contribution in [0, 0.1) is 5.82 Å². The van der Waals surface area contributed by atoms with E-state index in [2.05, 4.69) is 15.4 Å². The highest BCUT2D eigenvalue weighted by atomic mass is 35.5. The van der Waals surface area contributed by atoms with Crippen molar-refractivity contribution in [3.8, 4) is 11.3 Å². The molecule has 0 aliphatic rings. The van der Waals surface area contributed by atoms with E-state index in [1.807, 2.05) is 0 Å². The van der Waals surface area contributed by atoms with Gasteiger partial charge in [0.05, 0.1) is 11.2 Å². The molecule has 1 N–H and O–H groups in total. The number of nitrogens with one attached hydrogen (secondary N) is 1. The molecule has 0 aliphatic carbocycles. The Kier molecular flexibility index (Phi) is 1.98. The Morgan fingerprint density at radius 2 is 2.23 bits per heavy atom. The predicted octanol–water partition coefficient (Wildman–Crippen LogP) is 2.26. The zero-order chi connectivity index (χ0) is 9.26. The van der Waals surface area contributed by atoms with Crippen molar-refractivity contribution in [1.29, 1.82) is 0 Å². The van der Waals surface area contributed by atoms with Gasteiger partial charge in [-0.1, -0.05) is 17.7 Å². The molecule has 2 rings (SSSR count). The van der Waals surface area contributed by atoms with Gasteiger partial charge in [0, 0.05) is 5.56 Å². The van der Waals surface area contributed by atoms with Gasteiger partial charge in [0.2, 0.25) is 0 Å². The Hall–Kier alpha value is -1.42. The summed E-state index contributed by atoms with van der Waals surface area (Å²) in [5, 5.41) is 9.98. The van der Waals surface area contributed by atoms with Gasteiger partial charge in [0.1, 0.15) is 11.5 Å². The number of H-pyrrole nitrogens is 1. The molecule has 13 heavy (non-hydrogen) atoms. The van der Waals surface area contributed by atoms with E-state index in [9.17, 15) is 4.39 Å². The molecule has 0 fully saturated rings. The molecule has 66 valence electrons. The van der Waals surface area contributed by atoms with Gasteiger partial charge in [-0.25, -0.2) is 4.39 Å². The Bertz CT molecular complexity index is 413. The fourth-order valence-electron chi connectivity index (χ4n) is 0.996. The summed E-state index contributed by atoms with van der Waals surface area (Å²) < 4.78 is 13.0. The summed E-state index contributed by atoms with van der Waals surface area (Å²) in [5.41, 5.74) is 1.24. The van der Waals surface area contributed by atoms with E-state index >= 15 is 0 Å². The van der Waals surface area contributed by atoms with Crippen LogP contribution in [0.25, 0.3) is 11.3 Å². The number of hydrogen-bond donors (Lipinski definition) is 1. The predicted molar refractivity (Wildman–Crippen MR) is 46.8 cm³/mol. The van der Waals surface area contributed by atoms with Gasteiger partial charge in [0.15, 0.2) is 0 Å². The molecule has 0 radical (unpaired) electrons. The molecule has 0 aliphatic heterocycles. The molecule has 0 unspecified atom stereocenters. The summed E-state index contributed by atoms with van der Waals surface area (Å²) in [5.74, 6) is -0.456. The average molecular weight is 198 g/mol. The SMILES string of the molecule is Fc1cc(-c2cn[nH]n2)ccc1Cl. The van der Waals surface area contributed by atoms with E-state index in [1.165, 1.54) is 18.3 Å². The summed E-state index contributed by atoms with van der Waals surface area (Å²) in [4.78, 5) is 0. The van der Waals surface area contributed by atoms with Gasteiger partial charge in [-0.05, 0) is 12.1 Å². The maximum absolute atomic E-state index is 13.0. The van der Waals surface area contributed by atoms with E-state index < -0.39 is 5.82 Å². The first-order valence-electron chi connectivity index (χ1n) is 3.58. The van der Waals surface area contributed by atoms with Crippen LogP contribution in [0.2, 0.25) is 5.02 Å². The highest BCUT2D eigenvalue weighted by Crippen LogP contribution is 2.21. The van der Waals surface area contributed by atoms with Crippen LogP contribution < -0.4 is 0 Å². The molecule has 3 nitrogen and oxygen atoms in total. The van der Waals surface area contributed by atoms with E-state index in [1.54, 1.807) is 6.07 Å². The lowest BCUT2D eigenvalue weighted by Crippen LogP contribution is -1.81. The molecule has 0 saturated carbocycles. The number of aromatic amines is 1. The third kappa shape index (κ3) is 1.53. The molecular weight excluding hydrogens is 193 g/mol. The minimum atomic E-state index is -0.456. The Morgan fingerprint density at radius 3 is 2.85 bits per heavy atom. The summed E-state index contributed by atoms with van der Waals surface area (Å²) in [7, 11) is 0. The third-order valence-electron chi connectivity index (χ3n) is 1.63. The number of hydrogen-bond acceptors (Lipinski definition) is 2. The van der Waals surface area contributed by atoms with Crippen LogP contribution >= 0.6 is 11.6 Å². The fraction of sp³-hybridized carbons (Fsp3) is 0. The van der Waals surface area contributed by atoms with Crippen molar-refractivity contribution >= 4 is 11.6 Å². The van der Waals surface area contributed by atoms with E-state index in [-0.39, 0.29) is 5.02 Å². The molecule has 0 spiro atoms. The van der Waals surface area contributed by atoms with Crippen LogP contribution in [0.5, 0.6) is 0 Å². The molecule has 1 heterocycles. The van der Waals surface area contributed by atoms with Crippen molar-refractivity contribution in [3.05, 3.63) is 35.2 Å². The van der Waals surface area contributed by atoms with Crippen LogP contribution in [0.4, 0.5) is 4.39 Å². The van der Waals surface area contributed by atoms with Crippen molar-refractivity contribution in [2.24, 2.45) is 0 Å². The number of nitrogens with zero attached hydrogens (tertiary/aromatic N) is 2. The summed E-state index contributed by atoms with van der Waals surface area (Å²) >= 11 is 5.52. The van der Waals surface area contributed by atoms with Crippen LogP contribution in [-0.4, -0.2) is 15.4 Å². The topological polar surface area (TPSA) is 41.6 Å². The van der Waals surface area contributed by atoms with Crippen molar-refractivity contribution in [1.82, 2.24) is 15.4 Å². The first-order chi connectivity index (χ1) is 6.27. The van der Waals surface area contributed by atoms with Crippen LogP contribution in [0.3, 0.4) is 0 Å². The Labute approximate surface area is 78.5 Å². The lowest BCUT2D eigenvalue weighted by Gasteiger charge is -1.96. The van der Waals surface area contributed by atoms with Crippen molar-refractivity contribution in [2.75, 3.05) is 0 Å². The molecule has 0 amide bonds. The van der Waals surface area contributed by atoms with Crippen LogP contribution in [0.15, 0.2) is 24.4 Å². The first kappa shape index (κ1) is 8.19. The molecule has 1 aromatic heterocycles. The third-order valence-corrected chi connectivity index (χ3v) is 1.94. The molecule has 0 atom stereocenters. The number of halogens is 2. The fourth-order valence-corrected chi connectivity index (χ4v) is 1.11. The zero-order valence-electron chi connectivity index (χ0n) is 6.46. The molecular formula is C8H5ClFN3. The van der Waals surface area contributed by atoms with Crippen LogP contribution in [-0.2, 0) is 0 Å². The monoisotopic (exact) mass is 197 g/mol. The van der Waals surface area contributed by atoms with Gasteiger partial charge in [0.25, 0.3) is 0 Å². The Morgan fingerprint density at radius 1 is 1.38 bits per heavy atom. The van der Waals surface area contributed by atoms with Crippen molar-refractivity contribution in [2.45, 2.75) is 0 Å². The van der Waals surface area contributed by atoms with E-state index in [4.69, 9.17) is 11.6 Å². The zero-order valence-corrected chi connectivity index (χ0v) is 7.22. The minimum Gasteiger partial charge on any atom is -0.205 e.